The van der Waals surface area contributed by atoms with E-state index in [4.69, 9.17) is 4.74 Å². The zero-order valence-electron chi connectivity index (χ0n) is 18.9. The third kappa shape index (κ3) is 6.61. The second-order valence-corrected chi connectivity index (χ2v) is 10.2. The number of rotatable bonds is 8. The van der Waals surface area contributed by atoms with E-state index in [1.165, 1.54) is 40.4 Å². The summed E-state index contributed by atoms with van der Waals surface area (Å²) in [6.45, 7) is 2.72. The molecule has 2 aromatic rings. The lowest BCUT2D eigenvalue weighted by molar-refractivity contribution is -0.158. The van der Waals surface area contributed by atoms with Crippen LogP contribution in [0.1, 0.15) is 37.3 Å². The fourth-order valence-corrected chi connectivity index (χ4v) is 5.30. The molecule has 0 aliphatic carbocycles. The van der Waals surface area contributed by atoms with Crippen LogP contribution >= 0.6 is 0 Å². The topological polar surface area (TPSA) is 84.0 Å². The minimum atomic E-state index is -3.53. The standard InChI is InChI=1S/C24H29FN2O5S/c1-18(24(29)26(2)17-20-7-6-8-21(25)15-20)32-23(28)16-19-9-11-22(12-10-19)33(30,31)27-13-4-3-5-14-27/h6-12,15,18H,3-5,13-14,16-17H2,1-2H3. The van der Waals surface area contributed by atoms with Gasteiger partial charge in [0.05, 0.1) is 11.3 Å². The van der Waals surface area contributed by atoms with Gasteiger partial charge in [-0.3, -0.25) is 9.59 Å². The molecule has 178 valence electrons. The van der Waals surface area contributed by atoms with Gasteiger partial charge in [0.1, 0.15) is 5.82 Å². The van der Waals surface area contributed by atoms with Crippen LogP contribution in [0, 0.1) is 5.82 Å². The van der Waals surface area contributed by atoms with Crippen LogP contribution in [-0.4, -0.2) is 55.7 Å². The normalized spacial score (nSPS) is 15.6. The van der Waals surface area contributed by atoms with E-state index >= 15 is 0 Å². The van der Waals surface area contributed by atoms with Crippen LogP contribution in [0.4, 0.5) is 4.39 Å². The molecule has 33 heavy (non-hydrogen) atoms. The average Bonchev–Trinajstić information content (AvgIpc) is 2.79. The summed E-state index contributed by atoms with van der Waals surface area (Å²) in [5, 5.41) is 0. The Balaban J connectivity index is 1.53. The van der Waals surface area contributed by atoms with Gasteiger partial charge in [0.25, 0.3) is 5.91 Å². The molecule has 0 aromatic heterocycles. The monoisotopic (exact) mass is 476 g/mol. The Hall–Kier alpha value is -2.78. The summed E-state index contributed by atoms with van der Waals surface area (Å²) in [4.78, 5) is 26.4. The third-order valence-electron chi connectivity index (χ3n) is 5.57. The Bertz CT molecular complexity index is 1080. The molecule has 7 nitrogen and oxygen atoms in total. The Morgan fingerprint density at radius 2 is 1.73 bits per heavy atom. The van der Waals surface area contributed by atoms with Crippen molar-refractivity contribution < 1.29 is 27.1 Å². The fourth-order valence-electron chi connectivity index (χ4n) is 3.79. The van der Waals surface area contributed by atoms with Gasteiger partial charge in [0.15, 0.2) is 6.10 Å². The maximum atomic E-state index is 13.3. The molecule has 3 rings (SSSR count). The van der Waals surface area contributed by atoms with Gasteiger partial charge in [-0.2, -0.15) is 4.31 Å². The SMILES string of the molecule is CC(OC(=O)Cc1ccc(S(=O)(=O)N2CCCCC2)cc1)C(=O)N(C)Cc1cccc(F)c1. The van der Waals surface area contributed by atoms with Crippen molar-refractivity contribution in [2.24, 2.45) is 0 Å². The van der Waals surface area contributed by atoms with Crippen molar-refractivity contribution in [3.63, 3.8) is 0 Å². The van der Waals surface area contributed by atoms with E-state index in [9.17, 15) is 22.4 Å². The van der Waals surface area contributed by atoms with E-state index in [1.54, 1.807) is 31.3 Å². The summed E-state index contributed by atoms with van der Waals surface area (Å²) >= 11 is 0. The molecule has 1 fully saturated rings. The number of likely N-dealkylation sites (N-methyl/N-ethyl adjacent to an activating group) is 1. The summed E-state index contributed by atoms with van der Waals surface area (Å²) < 4.78 is 45.5. The molecule has 0 bridgehead atoms. The average molecular weight is 477 g/mol. The number of carbonyl (C=O) groups excluding carboxylic acids is 2. The van der Waals surface area contributed by atoms with E-state index in [1.807, 2.05) is 0 Å². The molecule has 1 atom stereocenters. The number of esters is 1. The summed E-state index contributed by atoms with van der Waals surface area (Å²) in [7, 11) is -1.98. The summed E-state index contributed by atoms with van der Waals surface area (Å²) in [6.07, 6.45) is 1.66. The number of amides is 1. The molecule has 1 amide bonds. The first kappa shape index (κ1) is 24.9. The van der Waals surface area contributed by atoms with Gasteiger partial charge in [0, 0.05) is 26.7 Å². The van der Waals surface area contributed by atoms with Crippen LogP contribution in [-0.2, 0) is 37.3 Å². The number of ether oxygens (including phenoxy) is 1. The molecule has 0 N–H and O–H groups in total. The number of carbonyl (C=O) groups is 2. The predicted molar refractivity (Wildman–Crippen MR) is 121 cm³/mol. The lowest BCUT2D eigenvalue weighted by atomic mass is 10.1. The molecular weight excluding hydrogens is 447 g/mol. The number of piperidine rings is 1. The van der Waals surface area contributed by atoms with Gasteiger partial charge in [-0.1, -0.05) is 30.7 Å². The number of hydrogen-bond acceptors (Lipinski definition) is 5. The van der Waals surface area contributed by atoms with Crippen LogP contribution in [0.25, 0.3) is 0 Å². The van der Waals surface area contributed by atoms with E-state index in [0.29, 0.717) is 24.2 Å². The van der Waals surface area contributed by atoms with Crippen molar-refractivity contribution in [1.29, 1.82) is 0 Å². The summed E-state index contributed by atoms with van der Waals surface area (Å²) in [5.41, 5.74) is 1.22. The minimum Gasteiger partial charge on any atom is -0.452 e. The van der Waals surface area contributed by atoms with Crippen molar-refractivity contribution in [1.82, 2.24) is 9.21 Å². The maximum Gasteiger partial charge on any atom is 0.311 e. The van der Waals surface area contributed by atoms with Crippen LogP contribution in [0.3, 0.4) is 0 Å². The van der Waals surface area contributed by atoms with Crippen LogP contribution in [0.15, 0.2) is 53.4 Å². The van der Waals surface area contributed by atoms with Gasteiger partial charge in [0.2, 0.25) is 10.0 Å². The summed E-state index contributed by atoms with van der Waals surface area (Å²) in [5.74, 6) is -1.39. The summed E-state index contributed by atoms with van der Waals surface area (Å²) in [6, 6.07) is 12.1. The van der Waals surface area contributed by atoms with Gasteiger partial charge >= 0.3 is 5.97 Å². The predicted octanol–water partition coefficient (Wildman–Crippen LogP) is 3.13. The first-order valence-electron chi connectivity index (χ1n) is 10.9. The number of hydrogen-bond donors (Lipinski definition) is 0. The molecule has 1 aliphatic rings. The lowest BCUT2D eigenvalue weighted by Gasteiger charge is -2.25. The highest BCUT2D eigenvalue weighted by molar-refractivity contribution is 7.89. The highest BCUT2D eigenvalue weighted by Gasteiger charge is 2.26. The van der Waals surface area contributed by atoms with E-state index in [-0.39, 0.29) is 23.7 Å². The first-order valence-corrected chi connectivity index (χ1v) is 12.4. The molecular formula is C24H29FN2O5S. The number of nitrogens with zero attached hydrogens (tertiary/aromatic N) is 2. The highest BCUT2D eigenvalue weighted by Crippen LogP contribution is 2.21. The zero-order valence-corrected chi connectivity index (χ0v) is 19.7. The molecule has 0 radical (unpaired) electrons. The van der Waals surface area contributed by atoms with Crippen molar-refractivity contribution in [3.05, 3.63) is 65.5 Å². The van der Waals surface area contributed by atoms with Gasteiger partial charge in [-0.05, 0) is 55.2 Å². The number of sulfonamides is 1. The van der Waals surface area contributed by atoms with Gasteiger partial charge in [-0.15, -0.1) is 0 Å². The van der Waals surface area contributed by atoms with Crippen LogP contribution in [0.2, 0.25) is 0 Å². The number of halogens is 1. The van der Waals surface area contributed by atoms with Gasteiger partial charge in [-0.25, -0.2) is 12.8 Å². The Morgan fingerprint density at radius 3 is 2.36 bits per heavy atom. The quantitative estimate of drug-likeness (QED) is 0.547. The third-order valence-corrected chi connectivity index (χ3v) is 7.48. The Kier molecular flexibility index (Phi) is 8.20. The van der Waals surface area contributed by atoms with Crippen LogP contribution in [0.5, 0.6) is 0 Å². The van der Waals surface area contributed by atoms with Crippen molar-refractivity contribution in [2.45, 2.75) is 50.2 Å². The molecule has 2 aromatic carbocycles. The smallest absolute Gasteiger partial charge is 0.311 e. The number of benzene rings is 2. The van der Waals surface area contributed by atoms with Gasteiger partial charge < -0.3 is 9.64 Å². The molecule has 0 saturated carbocycles. The van der Waals surface area contributed by atoms with Crippen LogP contribution < -0.4 is 0 Å². The van der Waals surface area contributed by atoms with E-state index in [2.05, 4.69) is 0 Å². The molecule has 1 saturated heterocycles. The van der Waals surface area contributed by atoms with Crippen molar-refractivity contribution >= 4 is 21.9 Å². The zero-order chi connectivity index (χ0) is 24.0. The first-order chi connectivity index (χ1) is 15.7. The molecule has 1 unspecified atom stereocenters. The second-order valence-electron chi connectivity index (χ2n) is 8.24. The molecule has 1 aliphatic heterocycles. The van der Waals surface area contributed by atoms with E-state index < -0.39 is 28.0 Å². The molecule has 9 heteroatoms. The minimum absolute atomic E-state index is 0.0880. The Labute approximate surface area is 194 Å². The highest BCUT2D eigenvalue weighted by atomic mass is 32.2. The molecule has 0 spiro atoms. The second kappa shape index (κ2) is 10.9. The van der Waals surface area contributed by atoms with Crippen molar-refractivity contribution in [2.75, 3.05) is 20.1 Å². The maximum absolute atomic E-state index is 13.3. The fraction of sp³-hybridized carbons (Fsp3) is 0.417. The largest absolute Gasteiger partial charge is 0.452 e. The Morgan fingerprint density at radius 1 is 1.06 bits per heavy atom. The van der Waals surface area contributed by atoms with E-state index in [0.717, 1.165) is 19.3 Å². The molecule has 1 heterocycles. The lowest BCUT2D eigenvalue weighted by Crippen LogP contribution is -2.37. The van der Waals surface area contributed by atoms with Crippen molar-refractivity contribution in [3.8, 4) is 0 Å².